The summed E-state index contributed by atoms with van der Waals surface area (Å²) in [6.45, 7) is 11.8. The lowest BCUT2D eigenvalue weighted by atomic mass is 9.92. The fourth-order valence-electron chi connectivity index (χ4n) is 7.36. The van der Waals surface area contributed by atoms with Gasteiger partial charge in [-0.05, 0) is 68.8 Å². The number of rotatable bonds is 15. The summed E-state index contributed by atoms with van der Waals surface area (Å²) in [6, 6.07) is 8.83. The van der Waals surface area contributed by atoms with E-state index in [1.165, 1.54) is 22.7 Å². The molecule has 14 heteroatoms. The molecule has 4 aromatic rings. The van der Waals surface area contributed by atoms with Crippen LogP contribution in [-0.4, -0.2) is 86.6 Å². The molecule has 0 radical (unpaired) electrons. The highest BCUT2D eigenvalue weighted by Crippen LogP contribution is 2.33. The molecular formula is C42H55N7O4S3. The summed E-state index contributed by atoms with van der Waals surface area (Å²) < 4.78 is 6.91. The van der Waals surface area contributed by atoms with Crippen LogP contribution in [0.15, 0.2) is 62.9 Å². The first-order chi connectivity index (χ1) is 27.0. The van der Waals surface area contributed by atoms with Gasteiger partial charge in [-0.1, -0.05) is 69.7 Å². The fraction of sp³-hybridized carbons (Fsp3) is 0.524. The number of anilines is 1. The van der Waals surface area contributed by atoms with E-state index in [0.29, 0.717) is 35.7 Å². The lowest BCUT2D eigenvalue weighted by Crippen LogP contribution is -2.49. The van der Waals surface area contributed by atoms with Crippen molar-refractivity contribution in [1.82, 2.24) is 29.7 Å². The van der Waals surface area contributed by atoms with E-state index in [0.717, 1.165) is 90.8 Å². The fourth-order valence-corrected chi connectivity index (χ4v) is 9.62. The van der Waals surface area contributed by atoms with E-state index < -0.39 is 0 Å². The van der Waals surface area contributed by atoms with Crippen LogP contribution in [0, 0.1) is 5.92 Å². The third kappa shape index (κ3) is 11.4. The van der Waals surface area contributed by atoms with Gasteiger partial charge in [0.1, 0.15) is 10.8 Å². The van der Waals surface area contributed by atoms with Gasteiger partial charge in [0.25, 0.3) is 0 Å². The van der Waals surface area contributed by atoms with Gasteiger partial charge in [-0.3, -0.25) is 14.4 Å². The summed E-state index contributed by atoms with van der Waals surface area (Å²) in [5.74, 6) is 2.36. The van der Waals surface area contributed by atoms with Crippen LogP contribution in [-0.2, 0) is 32.0 Å². The van der Waals surface area contributed by atoms with Gasteiger partial charge in [0.15, 0.2) is 5.13 Å². The van der Waals surface area contributed by atoms with Crippen LogP contribution >= 0.6 is 34.4 Å². The molecule has 300 valence electrons. The van der Waals surface area contributed by atoms with Gasteiger partial charge in [0.05, 0.1) is 28.4 Å². The number of oxazole rings is 1. The zero-order chi connectivity index (χ0) is 39.7. The second-order valence-electron chi connectivity index (χ2n) is 15.8. The maximum Gasteiger partial charge on any atom is 0.246 e. The van der Waals surface area contributed by atoms with Crippen molar-refractivity contribution < 1.29 is 18.8 Å². The van der Waals surface area contributed by atoms with E-state index in [2.05, 4.69) is 77.1 Å². The minimum atomic E-state index is -0.0760. The summed E-state index contributed by atoms with van der Waals surface area (Å²) in [4.78, 5) is 58.7. The minimum Gasteiger partial charge on any atom is -0.444 e. The number of likely N-dealkylation sites (N-methyl/N-ethyl adjacent to an activating group) is 1. The van der Waals surface area contributed by atoms with Gasteiger partial charge in [-0.15, -0.1) is 23.1 Å². The van der Waals surface area contributed by atoms with Crippen molar-refractivity contribution in [2.45, 2.75) is 107 Å². The third-order valence-electron chi connectivity index (χ3n) is 10.8. The molecular weight excluding hydrogens is 763 g/mol. The smallest absolute Gasteiger partial charge is 0.246 e. The lowest BCUT2D eigenvalue weighted by Gasteiger charge is -2.41. The molecule has 1 unspecified atom stereocenters. The van der Waals surface area contributed by atoms with Crippen molar-refractivity contribution in [1.29, 1.82) is 0 Å². The number of benzene rings is 1. The van der Waals surface area contributed by atoms with E-state index in [1.54, 1.807) is 47.4 Å². The molecule has 2 aliphatic rings. The molecule has 0 bridgehead atoms. The molecule has 1 aromatic carbocycles. The van der Waals surface area contributed by atoms with Crippen LogP contribution in [0.25, 0.3) is 6.08 Å². The maximum absolute atomic E-state index is 13.2. The highest BCUT2D eigenvalue weighted by atomic mass is 32.2. The number of nitrogens with zero attached hydrogens (tertiary/aromatic N) is 6. The second-order valence-corrected chi connectivity index (χ2v) is 19.0. The predicted molar refractivity (Wildman–Crippen MR) is 226 cm³/mol. The quantitative estimate of drug-likeness (QED) is 0.0930. The summed E-state index contributed by atoms with van der Waals surface area (Å²) in [5, 5.41) is 6.39. The average Bonchev–Trinajstić information content (AvgIpc) is 4.01. The number of hydrogen-bond donors (Lipinski definition) is 1. The van der Waals surface area contributed by atoms with E-state index in [-0.39, 0.29) is 35.1 Å². The molecule has 3 amide bonds. The number of nitrogens with one attached hydrogen (secondary N) is 1. The number of thiazole rings is 2. The Bertz CT molecular complexity index is 1900. The van der Waals surface area contributed by atoms with Crippen LogP contribution in [0.4, 0.5) is 5.13 Å². The first-order valence-electron chi connectivity index (χ1n) is 19.8. The van der Waals surface area contributed by atoms with Crippen LogP contribution < -0.4 is 5.32 Å². The number of carbonyl (C=O) groups is 3. The Balaban J connectivity index is 0.883. The monoisotopic (exact) mass is 817 g/mol. The highest BCUT2D eigenvalue weighted by molar-refractivity contribution is 8.00. The van der Waals surface area contributed by atoms with Gasteiger partial charge in [-0.2, -0.15) is 0 Å². The normalized spacial score (nSPS) is 16.7. The average molecular weight is 818 g/mol. The number of likely N-dealkylation sites (tertiary alicyclic amines) is 2. The number of carbonyl (C=O) groups excluding carboxylic acids is 3. The van der Waals surface area contributed by atoms with E-state index >= 15 is 0 Å². The Labute approximate surface area is 343 Å². The molecule has 3 aromatic heterocycles. The van der Waals surface area contributed by atoms with Crippen LogP contribution in [0.5, 0.6) is 0 Å². The summed E-state index contributed by atoms with van der Waals surface area (Å²) in [6.07, 6.45) is 15.3. The molecule has 11 nitrogen and oxygen atoms in total. The van der Waals surface area contributed by atoms with Crippen LogP contribution in [0.2, 0.25) is 0 Å². The van der Waals surface area contributed by atoms with E-state index in [4.69, 9.17) is 4.42 Å². The minimum absolute atomic E-state index is 0.0187. The first kappa shape index (κ1) is 41.8. The predicted octanol–water partition coefficient (Wildman–Crippen LogP) is 8.46. The topological polar surface area (TPSA) is 125 Å². The number of aromatic nitrogens is 3. The van der Waals surface area contributed by atoms with Crippen LogP contribution in [0.1, 0.15) is 106 Å². The van der Waals surface area contributed by atoms with E-state index in [9.17, 15) is 14.4 Å². The van der Waals surface area contributed by atoms with Gasteiger partial charge in [0, 0.05) is 61.6 Å². The molecule has 1 atom stereocenters. The Morgan fingerprint density at radius 1 is 1.04 bits per heavy atom. The maximum atomic E-state index is 13.2. The second kappa shape index (κ2) is 19.5. The zero-order valence-electron chi connectivity index (χ0n) is 33.2. The van der Waals surface area contributed by atoms with Crippen molar-refractivity contribution in [2.24, 2.45) is 5.92 Å². The Hall–Kier alpha value is -3.85. The third-order valence-corrected chi connectivity index (χ3v) is 13.6. The molecule has 56 heavy (non-hydrogen) atoms. The standard InChI is InChI=1S/C42H55N7O4S3/c1-6-7-33(47(5)37(50)15-13-36-43-20-25-54-36)30-11-8-29(9-12-30)10-14-38(51)49-23-18-32(19-24-49)48-21-16-31(17-22-48)40(52)46-41-45-27-39(56-41)55-28-35-44-26-34(53-35)42(2,3)4/h8-9,11-13,15,20,25-27,31-33H,6-7,10,14,16-19,21-24,28H2,1-5H3,(H,45,46,52)/b15-13+. The SMILES string of the molecule is CCCC(c1ccc(CCC(=O)N2CCC(N3CCC(C(=O)Nc4ncc(SCc5ncc(C(C)(C)C)o5)s4)CC3)CC2)cc1)N(C)C(=O)/C=C/c1nccs1. The molecule has 5 heterocycles. The number of piperidine rings is 2. The number of aryl methyl sites for hydroxylation is 1. The molecule has 2 saturated heterocycles. The number of amides is 3. The van der Waals surface area contributed by atoms with Gasteiger partial charge >= 0.3 is 0 Å². The molecule has 0 aliphatic carbocycles. The zero-order valence-corrected chi connectivity index (χ0v) is 35.7. The molecule has 2 fully saturated rings. The first-order valence-corrected chi connectivity index (χ1v) is 22.4. The van der Waals surface area contributed by atoms with Gasteiger partial charge in [-0.25, -0.2) is 15.0 Å². The Morgan fingerprint density at radius 3 is 2.45 bits per heavy atom. The van der Waals surface area contributed by atoms with Crippen molar-refractivity contribution in [2.75, 3.05) is 38.5 Å². The lowest BCUT2D eigenvalue weighted by molar-refractivity contribution is -0.133. The van der Waals surface area contributed by atoms with Gasteiger partial charge < -0.3 is 24.4 Å². The molecule has 0 spiro atoms. The molecule has 1 N–H and O–H groups in total. The number of hydrogen-bond acceptors (Lipinski definition) is 11. The van der Waals surface area contributed by atoms with Gasteiger partial charge in [0.2, 0.25) is 23.6 Å². The Kier molecular flexibility index (Phi) is 14.6. The van der Waals surface area contributed by atoms with E-state index in [1.807, 2.05) is 17.3 Å². The molecule has 2 aliphatic heterocycles. The molecule has 6 rings (SSSR count). The highest BCUT2D eigenvalue weighted by Gasteiger charge is 2.32. The summed E-state index contributed by atoms with van der Waals surface area (Å²) in [5.41, 5.74) is 2.15. The molecule has 0 saturated carbocycles. The van der Waals surface area contributed by atoms with Crippen LogP contribution in [0.3, 0.4) is 0 Å². The summed E-state index contributed by atoms with van der Waals surface area (Å²) >= 11 is 4.60. The van der Waals surface area contributed by atoms with Crippen molar-refractivity contribution in [3.63, 3.8) is 0 Å². The van der Waals surface area contributed by atoms with Crippen molar-refractivity contribution in [3.05, 3.63) is 82.1 Å². The van der Waals surface area contributed by atoms with Crippen molar-refractivity contribution >= 4 is 63.4 Å². The number of thioether (sulfide) groups is 1. The Morgan fingerprint density at radius 2 is 1.79 bits per heavy atom. The summed E-state index contributed by atoms with van der Waals surface area (Å²) in [7, 11) is 1.86. The largest absolute Gasteiger partial charge is 0.444 e. The van der Waals surface area contributed by atoms with Crippen molar-refractivity contribution in [3.8, 4) is 0 Å².